The quantitative estimate of drug-likeness (QED) is 0.277. The van der Waals surface area contributed by atoms with Gasteiger partial charge in [-0.15, -0.1) is 0 Å². The minimum atomic E-state index is 0.153. The molecule has 0 heterocycles. The van der Waals surface area contributed by atoms with E-state index in [1.165, 1.54) is 38.5 Å². The summed E-state index contributed by atoms with van der Waals surface area (Å²) in [5, 5.41) is 0. The van der Waals surface area contributed by atoms with Gasteiger partial charge in [0, 0.05) is 0 Å². The standard InChI is InChI=1S/C34H70/c1-26(2)20-21-30(12,13)34(32(16,17)24-28(6,7)8,33(18,19)25-29(9,10)11)31(14,15)23-22-27(3,4)5/h26H,20-25H2,1-19H3. The lowest BCUT2D eigenvalue weighted by Crippen LogP contribution is -2.66. The predicted octanol–water partition coefficient (Wildman–Crippen LogP) is 12.2. The van der Waals surface area contributed by atoms with Crippen LogP contribution in [-0.2, 0) is 0 Å². The van der Waals surface area contributed by atoms with Crippen molar-refractivity contribution in [2.24, 2.45) is 49.2 Å². The maximum atomic E-state index is 2.66. The maximum absolute atomic E-state index is 2.66. The summed E-state index contributed by atoms with van der Waals surface area (Å²) in [4.78, 5) is 0. The second kappa shape index (κ2) is 10.4. The zero-order chi connectivity index (χ0) is 27.8. The van der Waals surface area contributed by atoms with E-state index >= 15 is 0 Å². The highest BCUT2D eigenvalue weighted by atomic mass is 14.7. The molecule has 0 saturated heterocycles. The molecule has 0 rings (SSSR count). The molecule has 0 aliphatic rings. The first-order valence-electron chi connectivity index (χ1n) is 14.5. The van der Waals surface area contributed by atoms with E-state index in [1.807, 2.05) is 0 Å². The van der Waals surface area contributed by atoms with Gasteiger partial charge in [0.1, 0.15) is 0 Å². The lowest BCUT2D eigenvalue weighted by Gasteiger charge is -2.72. The summed E-state index contributed by atoms with van der Waals surface area (Å²) in [7, 11) is 0. The average Bonchev–Trinajstić information content (AvgIpc) is 2.44. The molecule has 0 aliphatic carbocycles. The molecule has 206 valence electrons. The topological polar surface area (TPSA) is 0 Å². The molecule has 34 heavy (non-hydrogen) atoms. The van der Waals surface area contributed by atoms with Gasteiger partial charge in [0.25, 0.3) is 0 Å². The molecular formula is C34H70. The van der Waals surface area contributed by atoms with Gasteiger partial charge in [0.2, 0.25) is 0 Å². The smallest absolute Gasteiger partial charge is 0.00923 e. The van der Waals surface area contributed by atoms with E-state index in [1.54, 1.807) is 0 Å². The van der Waals surface area contributed by atoms with Crippen molar-refractivity contribution in [3.05, 3.63) is 0 Å². The van der Waals surface area contributed by atoms with E-state index in [-0.39, 0.29) is 27.1 Å². The number of hydrogen-bond donors (Lipinski definition) is 0. The molecule has 0 fully saturated rings. The zero-order valence-corrected chi connectivity index (χ0v) is 27.8. The van der Waals surface area contributed by atoms with Crippen LogP contribution in [0.3, 0.4) is 0 Å². The zero-order valence-electron chi connectivity index (χ0n) is 27.8. The normalized spacial score (nSPS) is 15.9. The van der Waals surface area contributed by atoms with Crippen molar-refractivity contribution in [1.82, 2.24) is 0 Å². The Bertz CT molecular complexity index is 588. The van der Waals surface area contributed by atoms with Gasteiger partial charge in [-0.2, -0.15) is 0 Å². The Hall–Kier alpha value is 0. The largest absolute Gasteiger partial charge is 0.0628 e. The van der Waals surface area contributed by atoms with Gasteiger partial charge >= 0.3 is 0 Å². The third-order valence-corrected chi connectivity index (χ3v) is 8.85. The Morgan fingerprint density at radius 3 is 0.971 bits per heavy atom. The van der Waals surface area contributed by atoms with E-state index in [0.717, 1.165) is 5.92 Å². The molecular weight excluding hydrogens is 408 g/mol. The summed E-state index contributed by atoms with van der Waals surface area (Å²) >= 11 is 0. The van der Waals surface area contributed by atoms with Gasteiger partial charge in [-0.1, -0.05) is 138 Å². The van der Waals surface area contributed by atoms with Gasteiger partial charge in [-0.05, 0) is 81.3 Å². The third-order valence-electron chi connectivity index (χ3n) is 8.85. The molecule has 0 amide bonds. The maximum Gasteiger partial charge on any atom is -0.00923 e. The first kappa shape index (κ1) is 34.0. The Labute approximate surface area is 219 Å². The van der Waals surface area contributed by atoms with Gasteiger partial charge in [-0.25, -0.2) is 0 Å². The van der Waals surface area contributed by atoms with Crippen LogP contribution in [0.5, 0.6) is 0 Å². The molecule has 0 heteroatoms. The van der Waals surface area contributed by atoms with E-state index in [2.05, 4.69) is 132 Å². The van der Waals surface area contributed by atoms with Crippen LogP contribution in [0, 0.1) is 49.2 Å². The molecule has 0 atom stereocenters. The van der Waals surface area contributed by atoms with Crippen LogP contribution in [0.1, 0.15) is 170 Å². The minimum Gasteiger partial charge on any atom is -0.0628 e. The average molecular weight is 479 g/mol. The second-order valence-electron chi connectivity index (χ2n) is 18.8. The van der Waals surface area contributed by atoms with Gasteiger partial charge in [0.15, 0.2) is 0 Å². The summed E-state index contributed by atoms with van der Waals surface area (Å²) in [6.07, 6.45) is 7.66. The molecule has 0 aliphatic heterocycles. The minimum absolute atomic E-state index is 0.153. The van der Waals surface area contributed by atoms with Crippen LogP contribution < -0.4 is 0 Å². The van der Waals surface area contributed by atoms with E-state index in [0.29, 0.717) is 16.2 Å². The SMILES string of the molecule is CC(C)CCC(C)(C)C(C(C)(C)CCC(C)(C)C)(C(C)(C)CC(C)(C)C)C(C)(C)CC(C)(C)C. The second-order valence-corrected chi connectivity index (χ2v) is 18.8. The Kier molecular flexibility index (Phi) is 10.4. The summed E-state index contributed by atoms with van der Waals surface area (Å²) in [6, 6.07) is 0. The molecule has 0 aromatic heterocycles. The first-order chi connectivity index (χ1) is 14.5. The molecule has 0 saturated carbocycles. The number of hydrogen-bond acceptors (Lipinski definition) is 0. The fourth-order valence-electron chi connectivity index (χ4n) is 10.1. The summed E-state index contributed by atoms with van der Waals surface area (Å²) in [5.74, 6) is 0.742. The first-order valence-corrected chi connectivity index (χ1v) is 14.5. The highest BCUT2D eigenvalue weighted by molar-refractivity contribution is 5.16. The highest BCUT2D eigenvalue weighted by Crippen LogP contribution is 2.75. The van der Waals surface area contributed by atoms with Crippen molar-refractivity contribution in [1.29, 1.82) is 0 Å². The van der Waals surface area contributed by atoms with Crippen LogP contribution in [-0.4, -0.2) is 0 Å². The summed E-state index contributed by atoms with van der Waals surface area (Å²) in [5.41, 5.74) is 1.87. The van der Waals surface area contributed by atoms with Crippen molar-refractivity contribution in [2.75, 3.05) is 0 Å². The molecule has 0 aromatic carbocycles. The number of rotatable bonds is 11. The molecule has 0 N–H and O–H groups in total. The molecule has 0 radical (unpaired) electrons. The van der Waals surface area contributed by atoms with Crippen LogP contribution in [0.15, 0.2) is 0 Å². The van der Waals surface area contributed by atoms with Crippen LogP contribution >= 0.6 is 0 Å². The van der Waals surface area contributed by atoms with Gasteiger partial charge in [0.05, 0.1) is 0 Å². The molecule has 0 spiro atoms. The lowest BCUT2D eigenvalue weighted by molar-refractivity contribution is -0.242. The van der Waals surface area contributed by atoms with Crippen molar-refractivity contribution in [3.8, 4) is 0 Å². The van der Waals surface area contributed by atoms with Crippen molar-refractivity contribution in [2.45, 2.75) is 170 Å². The van der Waals surface area contributed by atoms with Crippen molar-refractivity contribution < 1.29 is 0 Å². The van der Waals surface area contributed by atoms with Crippen LogP contribution in [0.2, 0.25) is 0 Å². The Balaban J connectivity index is 7.51. The van der Waals surface area contributed by atoms with Crippen molar-refractivity contribution in [3.63, 3.8) is 0 Å². The third kappa shape index (κ3) is 8.26. The van der Waals surface area contributed by atoms with Gasteiger partial charge < -0.3 is 0 Å². The molecule has 0 nitrogen and oxygen atoms in total. The predicted molar refractivity (Wildman–Crippen MR) is 158 cm³/mol. The van der Waals surface area contributed by atoms with E-state index in [4.69, 9.17) is 0 Å². The van der Waals surface area contributed by atoms with E-state index < -0.39 is 0 Å². The van der Waals surface area contributed by atoms with Crippen LogP contribution in [0.4, 0.5) is 0 Å². The monoisotopic (exact) mass is 479 g/mol. The Morgan fingerprint density at radius 2 is 0.706 bits per heavy atom. The van der Waals surface area contributed by atoms with E-state index in [9.17, 15) is 0 Å². The van der Waals surface area contributed by atoms with Crippen molar-refractivity contribution >= 4 is 0 Å². The summed E-state index contributed by atoms with van der Waals surface area (Å²) in [6.45, 7) is 48.1. The van der Waals surface area contributed by atoms with Gasteiger partial charge in [-0.3, -0.25) is 0 Å². The fraction of sp³-hybridized carbons (Fsp3) is 1.00. The summed E-state index contributed by atoms with van der Waals surface area (Å²) < 4.78 is 0. The fourth-order valence-corrected chi connectivity index (χ4v) is 10.1. The molecule has 0 unspecified atom stereocenters. The Morgan fingerprint density at radius 1 is 0.382 bits per heavy atom. The molecule has 0 bridgehead atoms. The van der Waals surface area contributed by atoms with Crippen LogP contribution in [0.25, 0.3) is 0 Å². The lowest BCUT2D eigenvalue weighted by atomic mass is 9.32. The highest BCUT2D eigenvalue weighted by Gasteiger charge is 2.68. The molecule has 0 aromatic rings.